The Balaban J connectivity index is 1.68. The number of aliphatic hydroxyl groups is 1. The second-order valence-electron chi connectivity index (χ2n) is 9.12. The number of halogens is 1. The summed E-state index contributed by atoms with van der Waals surface area (Å²) in [5.41, 5.74) is 1.45. The Morgan fingerprint density at radius 1 is 1.05 bits per heavy atom. The van der Waals surface area contributed by atoms with Crippen molar-refractivity contribution in [3.8, 4) is 17.2 Å². The summed E-state index contributed by atoms with van der Waals surface area (Å²) in [6.07, 6.45) is 1.86. The molecule has 1 atom stereocenters. The van der Waals surface area contributed by atoms with E-state index in [0.29, 0.717) is 50.7 Å². The second-order valence-corrected chi connectivity index (χ2v) is 10.6. The van der Waals surface area contributed by atoms with Gasteiger partial charge in [-0.15, -0.1) is 0 Å². The summed E-state index contributed by atoms with van der Waals surface area (Å²) in [7, 11) is 3.02. The highest BCUT2D eigenvalue weighted by Gasteiger charge is 2.48. The van der Waals surface area contributed by atoms with Gasteiger partial charge in [-0.2, -0.15) is 0 Å². The van der Waals surface area contributed by atoms with Crippen molar-refractivity contribution in [2.24, 2.45) is 0 Å². The number of hydrogen-bond acceptors (Lipinski definition) is 8. The van der Waals surface area contributed by atoms with Crippen LogP contribution in [0.4, 0.5) is 5.13 Å². The third-order valence-corrected chi connectivity index (χ3v) is 7.84. The van der Waals surface area contributed by atoms with E-state index in [0.717, 1.165) is 17.5 Å². The number of carbonyl (C=O) groups is 2. The summed E-state index contributed by atoms with van der Waals surface area (Å²) in [4.78, 5) is 33.1. The van der Waals surface area contributed by atoms with Gasteiger partial charge in [0.25, 0.3) is 5.78 Å². The van der Waals surface area contributed by atoms with Crippen molar-refractivity contribution in [1.29, 1.82) is 0 Å². The molecule has 1 aliphatic rings. The zero-order valence-corrected chi connectivity index (χ0v) is 23.7. The van der Waals surface area contributed by atoms with Gasteiger partial charge in [-0.25, -0.2) is 4.98 Å². The maximum Gasteiger partial charge on any atom is 0.301 e. The maximum absolute atomic E-state index is 13.6. The van der Waals surface area contributed by atoms with Crippen molar-refractivity contribution in [3.05, 3.63) is 82.4 Å². The van der Waals surface area contributed by atoms with Crippen molar-refractivity contribution < 1.29 is 28.9 Å². The molecule has 1 fully saturated rings. The molecular formula is C30H27ClN2O6S. The second kappa shape index (κ2) is 11.6. The first-order valence-corrected chi connectivity index (χ1v) is 13.9. The van der Waals surface area contributed by atoms with Crippen molar-refractivity contribution in [2.45, 2.75) is 25.8 Å². The first-order chi connectivity index (χ1) is 19.4. The van der Waals surface area contributed by atoms with E-state index >= 15 is 0 Å². The minimum absolute atomic E-state index is 0.0692. The number of ether oxygens (including phenoxy) is 3. The van der Waals surface area contributed by atoms with Gasteiger partial charge in [0.2, 0.25) is 0 Å². The number of amides is 1. The Morgan fingerprint density at radius 2 is 1.85 bits per heavy atom. The molecule has 40 heavy (non-hydrogen) atoms. The summed E-state index contributed by atoms with van der Waals surface area (Å²) in [5, 5.41) is 12.4. The predicted octanol–water partition coefficient (Wildman–Crippen LogP) is 6.77. The number of rotatable bonds is 9. The molecule has 1 aromatic heterocycles. The molecule has 1 unspecified atom stereocenters. The minimum atomic E-state index is -0.986. The monoisotopic (exact) mass is 578 g/mol. The van der Waals surface area contributed by atoms with Gasteiger partial charge in [-0.3, -0.25) is 14.5 Å². The predicted molar refractivity (Wildman–Crippen MR) is 156 cm³/mol. The fraction of sp³-hybridized carbons (Fsp3) is 0.233. The van der Waals surface area contributed by atoms with Crippen LogP contribution in [0, 0.1) is 0 Å². The molecule has 5 rings (SSSR count). The Kier molecular flexibility index (Phi) is 7.95. The fourth-order valence-corrected chi connectivity index (χ4v) is 5.85. The number of thiazole rings is 1. The molecule has 10 heteroatoms. The van der Waals surface area contributed by atoms with Gasteiger partial charge in [-0.05, 0) is 54.4 Å². The van der Waals surface area contributed by atoms with Crippen LogP contribution in [0.15, 0.2) is 66.2 Å². The quantitative estimate of drug-likeness (QED) is 0.101. The topological polar surface area (TPSA) is 98.2 Å². The third-order valence-electron chi connectivity index (χ3n) is 6.59. The molecule has 0 radical (unpaired) electrons. The smallest absolute Gasteiger partial charge is 0.301 e. The molecule has 206 valence electrons. The lowest BCUT2D eigenvalue weighted by Crippen LogP contribution is -2.29. The van der Waals surface area contributed by atoms with E-state index in [-0.39, 0.29) is 11.3 Å². The minimum Gasteiger partial charge on any atom is -0.507 e. The molecule has 3 aromatic carbocycles. The Morgan fingerprint density at radius 3 is 2.60 bits per heavy atom. The van der Waals surface area contributed by atoms with Crippen LogP contribution >= 0.6 is 22.9 Å². The number of aliphatic hydroxyl groups excluding tert-OH is 1. The number of fused-ring (bicyclic) bond motifs is 1. The number of hydrogen-bond donors (Lipinski definition) is 1. The van der Waals surface area contributed by atoms with Crippen molar-refractivity contribution in [2.75, 3.05) is 25.7 Å². The molecule has 1 aliphatic heterocycles. The third kappa shape index (κ3) is 5.10. The highest BCUT2D eigenvalue weighted by Crippen LogP contribution is 2.46. The first-order valence-electron chi connectivity index (χ1n) is 12.7. The SMILES string of the molecule is CCCCOc1cccc(C(O)=C2C(=O)C(=O)N(c3nc4ccc(Cl)cc4s3)C2c2ccc(OC)c(OC)c2)c1. The molecule has 1 N–H and O–H groups in total. The van der Waals surface area contributed by atoms with Crippen molar-refractivity contribution in [3.63, 3.8) is 0 Å². The van der Waals surface area contributed by atoms with Crippen molar-refractivity contribution >= 4 is 55.7 Å². The number of unbranched alkanes of at least 4 members (excludes halogenated alkanes) is 1. The number of benzene rings is 3. The number of ketones is 1. The van der Waals surface area contributed by atoms with Gasteiger partial charge in [0, 0.05) is 10.6 Å². The number of Topliss-reactive ketones (excluding diaryl/α,β-unsaturated/α-hetero) is 1. The first kappa shape index (κ1) is 27.5. The van der Waals surface area contributed by atoms with Crippen molar-refractivity contribution in [1.82, 2.24) is 4.98 Å². The molecule has 2 heterocycles. The zero-order valence-electron chi connectivity index (χ0n) is 22.1. The summed E-state index contributed by atoms with van der Waals surface area (Å²) in [6, 6.07) is 16.2. The van der Waals surface area contributed by atoms with E-state index in [1.807, 2.05) is 0 Å². The number of nitrogens with zero attached hydrogens (tertiary/aromatic N) is 2. The van der Waals surface area contributed by atoms with Crippen LogP contribution in [0.2, 0.25) is 5.02 Å². The van der Waals surface area contributed by atoms with Crippen LogP contribution in [-0.2, 0) is 9.59 Å². The van der Waals surface area contributed by atoms with Crippen LogP contribution in [0.1, 0.15) is 36.9 Å². The molecule has 0 bridgehead atoms. The molecule has 1 saturated heterocycles. The lowest BCUT2D eigenvalue weighted by molar-refractivity contribution is -0.132. The molecule has 1 amide bonds. The number of carbonyl (C=O) groups excluding carboxylic acids is 2. The molecule has 0 aliphatic carbocycles. The van der Waals surface area contributed by atoms with Crippen LogP contribution in [-0.4, -0.2) is 42.6 Å². The van der Waals surface area contributed by atoms with Crippen LogP contribution in [0.25, 0.3) is 16.0 Å². The van der Waals surface area contributed by atoms with E-state index in [9.17, 15) is 14.7 Å². The van der Waals surface area contributed by atoms with E-state index in [2.05, 4.69) is 11.9 Å². The molecule has 8 nitrogen and oxygen atoms in total. The molecule has 4 aromatic rings. The van der Waals surface area contributed by atoms with Gasteiger partial charge in [0.05, 0.1) is 42.7 Å². The Labute approximate surface area is 240 Å². The average molecular weight is 579 g/mol. The lowest BCUT2D eigenvalue weighted by Gasteiger charge is -2.23. The van der Waals surface area contributed by atoms with Gasteiger partial charge >= 0.3 is 5.91 Å². The van der Waals surface area contributed by atoms with Gasteiger partial charge in [-0.1, -0.05) is 54.5 Å². The molecule has 0 spiro atoms. The molecule has 0 saturated carbocycles. The summed E-state index contributed by atoms with van der Waals surface area (Å²) < 4.78 is 17.4. The number of anilines is 1. The highest BCUT2D eigenvalue weighted by molar-refractivity contribution is 7.22. The number of aromatic nitrogens is 1. The van der Waals surface area contributed by atoms with Crippen LogP contribution < -0.4 is 19.1 Å². The summed E-state index contributed by atoms with van der Waals surface area (Å²) in [5.74, 6) is -0.500. The zero-order chi connectivity index (χ0) is 28.4. The van der Waals surface area contributed by atoms with Gasteiger partial charge < -0.3 is 19.3 Å². The Bertz CT molecular complexity index is 1630. The average Bonchev–Trinajstić information content (AvgIpc) is 3.49. The van der Waals surface area contributed by atoms with E-state index in [1.54, 1.807) is 60.7 Å². The lowest BCUT2D eigenvalue weighted by atomic mass is 9.95. The van der Waals surface area contributed by atoms with Crippen LogP contribution in [0.3, 0.4) is 0 Å². The number of methoxy groups -OCH3 is 2. The normalized spacial score (nSPS) is 16.5. The van der Waals surface area contributed by atoms with E-state index in [1.165, 1.54) is 30.5 Å². The highest BCUT2D eigenvalue weighted by atomic mass is 35.5. The standard InChI is InChI=1S/C30H27ClN2O6S/c1-4-5-13-39-20-8-6-7-18(14-20)27(34)25-26(17-9-12-22(37-2)23(15-17)38-3)33(29(36)28(25)35)30-32-21-11-10-19(31)16-24(21)40-30/h6-12,14-16,26,34H,4-5,13H2,1-3H3. The van der Waals surface area contributed by atoms with Gasteiger partial charge in [0.15, 0.2) is 16.6 Å². The fourth-order valence-electron chi connectivity index (χ4n) is 4.58. The Hall–Kier alpha value is -4.08. The maximum atomic E-state index is 13.6. The van der Waals surface area contributed by atoms with Crippen LogP contribution in [0.5, 0.6) is 17.2 Å². The van der Waals surface area contributed by atoms with E-state index < -0.39 is 17.7 Å². The largest absolute Gasteiger partial charge is 0.507 e. The summed E-state index contributed by atoms with van der Waals surface area (Å²) >= 11 is 7.41. The molecular weight excluding hydrogens is 552 g/mol. The van der Waals surface area contributed by atoms with Gasteiger partial charge in [0.1, 0.15) is 11.5 Å². The van der Waals surface area contributed by atoms with E-state index in [4.69, 9.17) is 25.8 Å². The summed E-state index contributed by atoms with van der Waals surface area (Å²) in [6.45, 7) is 2.59.